The van der Waals surface area contributed by atoms with E-state index in [1.54, 1.807) is 17.0 Å². The fourth-order valence-electron chi connectivity index (χ4n) is 4.67. The van der Waals surface area contributed by atoms with Crippen molar-refractivity contribution < 1.29 is 22.1 Å². The van der Waals surface area contributed by atoms with Crippen LogP contribution in [0.1, 0.15) is 29.4 Å². The van der Waals surface area contributed by atoms with E-state index in [9.17, 15) is 17.6 Å². The molecule has 1 amide bonds. The monoisotopic (exact) mass is 455 g/mol. The molecule has 3 aromatic rings. The summed E-state index contributed by atoms with van der Waals surface area (Å²) in [6.07, 6.45) is 0.607. The van der Waals surface area contributed by atoms with Gasteiger partial charge in [-0.15, -0.1) is 0 Å². The van der Waals surface area contributed by atoms with Crippen molar-refractivity contribution in [1.29, 1.82) is 0 Å². The normalized spacial score (nSPS) is 20.9. The predicted molar refractivity (Wildman–Crippen MR) is 115 cm³/mol. The van der Waals surface area contributed by atoms with Crippen LogP contribution in [0.15, 0.2) is 53.1 Å². The number of likely N-dealkylation sites (tertiary alicyclic amines) is 1. The van der Waals surface area contributed by atoms with Gasteiger partial charge in [-0.05, 0) is 48.7 Å². The second-order valence-corrected chi connectivity index (χ2v) is 11.0. The van der Waals surface area contributed by atoms with Gasteiger partial charge in [-0.1, -0.05) is 29.4 Å². The summed E-state index contributed by atoms with van der Waals surface area (Å²) in [6.45, 7) is 2.20. The maximum atomic E-state index is 13.2. The number of aryl methyl sites for hydroxylation is 1. The molecule has 2 aliphatic heterocycles. The summed E-state index contributed by atoms with van der Waals surface area (Å²) in [6, 6.07) is 13.4. The van der Waals surface area contributed by atoms with Crippen molar-refractivity contribution in [3.05, 3.63) is 71.4 Å². The molecule has 1 atom stereocenters. The molecule has 2 saturated heterocycles. The van der Waals surface area contributed by atoms with Crippen LogP contribution in [0.2, 0.25) is 0 Å². The van der Waals surface area contributed by atoms with E-state index in [1.807, 2.05) is 31.2 Å². The number of amides is 1. The number of rotatable bonds is 4. The van der Waals surface area contributed by atoms with Crippen molar-refractivity contribution in [2.75, 3.05) is 18.8 Å². The van der Waals surface area contributed by atoms with Crippen LogP contribution in [0.3, 0.4) is 0 Å². The minimum atomic E-state index is -3.43. The molecule has 0 aliphatic carbocycles. The fourth-order valence-corrected chi connectivity index (χ4v) is 6.98. The molecular weight excluding hydrogens is 433 g/mol. The number of halogens is 1. The van der Waals surface area contributed by atoms with Crippen LogP contribution >= 0.6 is 0 Å². The zero-order valence-corrected chi connectivity index (χ0v) is 18.3. The van der Waals surface area contributed by atoms with E-state index >= 15 is 0 Å². The van der Waals surface area contributed by atoms with Crippen molar-refractivity contribution in [1.82, 2.24) is 15.0 Å². The Morgan fingerprint density at radius 2 is 1.91 bits per heavy atom. The summed E-state index contributed by atoms with van der Waals surface area (Å²) in [5.74, 6) is -0.392. The number of hydrogen-bond acceptors (Lipinski definition) is 6. The molecule has 0 N–H and O–H groups in total. The lowest BCUT2D eigenvalue weighted by Crippen LogP contribution is -2.67. The van der Waals surface area contributed by atoms with Crippen molar-refractivity contribution >= 4 is 15.7 Å². The van der Waals surface area contributed by atoms with Gasteiger partial charge in [0.05, 0.1) is 18.1 Å². The molecule has 5 rings (SSSR count). The van der Waals surface area contributed by atoms with Crippen LogP contribution in [0.4, 0.5) is 4.39 Å². The van der Waals surface area contributed by atoms with Gasteiger partial charge in [0.15, 0.2) is 9.84 Å². The first-order valence-electron chi connectivity index (χ1n) is 10.4. The first kappa shape index (κ1) is 20.8. The van der Waals surface area contributed by atoms with E-state index in [4.69, 9.17) is 4.52 Å². The molecule has 0 radical (unpaired) electrons. The highest BCUT2D eigenvalue weighted by Crippen LogP contribution is 2.49. The van der Waals surface area contributed by atoms with Crippen LogP contribution in [0, 0.1) is 12.7 Å². The minimum absolute atomic E-state index is 0.0196. The minimum Gasteiger partial charge on any atom is -0.339 e. The smallest absolute Gasteiger partial charge is 0.231 e. The molecule has 0 bridgehead atoms. The molecule has 1 aromatic heterocycles. The molecule has 2 aromatic carbocycles. The average Bonchev–Trinajstić information content (AvgIpc) is 3.31. The molecule has 1 spiro atoms. The van der Waals surface area contributed by atoms with Crippen molar-refractivity contribution in [2.45, 2.75) is 30.4 Å². The Labute approximate surface area is 185 Å². The van der Waals surface area contributed by atoms with Crippen LogP contribution in [-0.2, 0) is 21.1 Å². The molecule has 2 fully saturated rings. The van der Waals surface area contributed by atoms with Gasteiger partial charge in [0, 0.05) is 18.7 Å². The average molecular weight is 456 g/mol. The van der Waals surface area contributed by atoms with E-state index in [0.717, 1.165) is 11.1 Å². The molecular formula is C23H22FN3O4S. The van der Waals surface area contributed by atoms with E-state index in [1.165, 1.54) is 12.1 Å². The summed E-state index contributed by atoms with van der Waals surface area (Å²) in [5, 5.41) is 3.97. The lowest BCUT2D eigenvalue weighted by Gasteiger charge is -2.49. The largest absolute Gasteiger partial charge is 0.339 e. The number of benzene rings is 2. The molecule has 32 heavy (non-hydrogen) atoms. The Morgan fingerprint density at radius 3 is 2.62 bits per heavy atom. The summed E-state index contributed by atoms with van der Waals surface area (Å²) in [5.41, 5.74) is 2.55. The van der Waals surface area contributed by atoms with Crippen LogP contribution in [0.5, 0.6) is 0 Å². The fraction of sp³-hybridized carbons (Fsp3) is 0.348. The summed E-state index contributed by atoms with van der Waals surface area (Å²) >= 11 is 0. The highest BCUT2D eigenvalue weighted by atomic mass is 32.2. The number of sulfone groups is 1. The summed E-state index contributed by atoms with van der Waals surface area (Å²) in [4.78, 5) is 18.8. The highest BCUT2D eigenvalue weighted by Gasteiger charge is 2.64. The highest BCUT2D eigenvalue weighted by molar-refractivity contribution is 7.93. The quantitative estimate of drug-likeness (QED) is 0.601. The number of aromatic nitrogens is 2. The van der Waals surface area contributed by atoms with E-state index in [0.29, 0.717) is 12.0 Å². The zero-order chi connectivity index (χ0) is 22.5. The van der Waals surface area contributed by atoms with Gasteiger partial charge in [0.2, 0.25) is 17.6 Å². The third-order valence-corrected chi connectivity index (χ3v) is 9.20. The molecule has 9 heteroatoms. The second-order valence-electron chi connectivity index (χ2n) is 8.54. The molecule has 2 aliphatic rings. The van der Waals surface area contributed by atoms with Gasteiger partial charge in [0.25, 0.3) is 0 Å². The Kier molecular flexibility index (Phi) is 4.88. The molecule has 0 saturated carbocycles. The number of carbonyl (C=O) groups excluding carboxylic acids is 1. The maximum absolute atomic E-state index is 13.2. The van der Waals surface area contributed by atoms with Gasteiger partial charge >= 0.3 is 0 Å². The van der Waals surface area contributed by atoms with Crippen LogP contribution in [0.25, 0.3) is 11.4 Å². The number of nitrogens with zero attached hydrogens (tertiary/aromatic N) is 3. The Morgan fingerprint density at radius 1 is 1.19 bits per heavy atom. The van der Waals surface area contributed by atoms with E-state index in [-0.39, 0.29) is 48.7 Å². The Balaban J connectivity index is 1.36. The maximum Gasteiger partial charge on any atom is 0.231 e. The summed E-state index contributed by atoms with van der Waals surface area (Å²) < 4.78 is 43.5. The Hall–Kier alpha value is -3.07. The third-order valence-electron chi connectivity index (χ3n) is 6.64. The second kappa shape index (κ2) is 7.51. The van der Waals surface area contributed by atoms with E-state index < -0.39 is 20.5 Å². The molecule has 7 nitrogen and oxygen atoms in total. The van der Waals surface area contributed by atoms with Gasteiger partial charge in [0.1, 0.15) is 10.6 Å². The van der Waals surface area contributed by atoms with Crippen LogP contribution < -0.4 is 0 Å². The Bertz CT molecular complexity index is 1280. The standard InChI is InChI=1S/C23H22FN3O4S/c1-15-4-2-3-5-17(15)12-20(28)27-13-23(14-27)19(10-11-32(23,29)30)22-25-21(26-31-22)16-6-8-18(24)9-7-16/h2-9,19H,10-14H2,1H3. The molecule has 3 heterocycles. The summed E-state index contributed by atoms with van der Waals surface area (Å²) in [7, 11) is -3.43. The molecule has 1 unspecified atom stereocenters. The van der Waals surface area contributed by atoms with Crippen molar-refractivity contribution in [3.8, 4) is 11.4 Å². The predicted octanol–water partition coefficient (Wildman–Crippen LogP) is 2.91. The van der Waals surface area contributed by atoms with Gasteiger partial charge in [-0.2, -0.15) is 4.98 Å². The van der Waals surface area contributed by atoms with Gasteiger partial charge < -0.3 is 9.42 Å². The third kappa shape index (κ3) is 3.31. The SMILES string of the molecule is Cc1ccccc1CC(=O)N1CC2(C1)C(c1nc(-c3ccc(F)cc3)no1)CCS2(=O)=O. The number of carbonyl (C=O) groups is 1. The molecule has 166 valence electrons. The van der Waals surface area contributed by atoms with Gasteiger partial charge in [-0.25, -0.2) is 12.8 Å². The van der Waals surface area contributed by atoms with Gasteiger partial charge in [-0.3, -0.25) is 4.79 Å². The topological polar surface area (TPSA) is 93.4 Å². The van der Waals surface area contributed by atoms with E-state index in [2.05, 4.69) is 10.1 Å². The van der Waals surface area contributed by atoms with Crippen molar-refractivity contribution in [2.24, 2.45) is 0 Å². The lowest BCUT2D eigenvalue weighted by atomic mass is 9.82. The van der Waals surface area contributed by atoms with Crippen molar-refractivity contribution in [3.63, 3.8) is 0 Å². The zero-order valence-electron chi connectivity index (χ0n) is 17.5. The number of hydrogen-bond donors (Lipinski definition) is 0. The van der Waals surface area contributed by atoms with Crippen LogP contribution in [-0.4, -0.2) is 53.0 Å². The lowest BCUT2D eigenvalue weighted by molar-refractivity contribution is -0.136. The first-order chi connectivity index (χ1) is 15.3. The first-order valence-corrected chi connectivity index (χ1v) is 12.1.